The lowest BCUT2D eigenvalue weighted by Crippen LogP contribution is -2.29. The predicted octanol–water partition coefficient (Wildman–Crippen LogP) is 3.51. The van der Waals surface area contributed by atoms with Gasteiger partial charge in [0.25, 0.3) is 5.91 Å². The molecule has 2 aromatic rings. The average molecular weight is 410 g/mol. The number of carbonyl (C=O) groups is 2. The summed E-state index contributed by atoms with van der Waals surface area (Å²) in [5.74, 6) is -1.28. The number of nitrogens with zero attached hydrogens (tertiary/aromatic N) is 1. The molecule has 1 aliphatic rings. The number of aliphatic carboxylic acids is 1. The summed E-state index contributed by atoms with van der Waals surface area (Å²) < 4.78 is 5.77. The molecule has 0 radical (unpaired) electrons. The molecule has 1 amide bonds. The van der Waals surface area contributed by atoms with Gasteiger partial charge in [0.2, 0.25) is 0 Å². The van der Waals surface area contributed by atoms with E-state index >= 15 is 0 Å². The Kier molecular flexibility index (Phi) is 5.45. The molecule has 0 bridgehead atoms. The van der Waals surface area contributed by atoms with Gasteiger partial charge < -0.3 is 9.52 Å². The van der Waals surface area contributed by atoms with E-state index in [1.54, 1.807) is 12.1 Å². The van der Waals surface area contributed by atoms with Crippen LogP contribution in [0.1, 0.15) is 18.4 Å². The second-order valence-corrected chi connectivity index (χ2v) is 7.60. The molecule has 134 valence electrons. The monoisotopic (exact) mass is 409 g/mol. The Bertz CT molecular complexity index is 1010. The number of rotatable bonds is 5. The predicted molar refractivity (Wildman–Crippen MR) is 104 cm³/mol. The van der Waals surface area contributed by atoms with Crippen molar-refractivity contribution in [3.63, 3.8) is 0 Å². The van der Waals surface area contributed by atoms with Gasteiger partial charge in [-0.05, 0) is 30.7 Å². The number of thiocarbonyl (C=S) groups is 1. The van der Waals surface area contributed by atoms with Crippen LogP contribution in [0.2, 0.25) is 5.02 Å². The number of hydrogen-bond donors (Lipinski definition) is 1. The maximum Gasteiger partial charge on any atom is 0.303 e. The lowest BCUT2D eigenvalue weighted by Gasteiger charge is -2.13. The highest BCUT2D eigenvalue weighted by Gasteiger charge is 2.31. The van der Waals surface area contributed by atoms with Gasteiger partial charge in [-0.3, -0.25) is 19.3 Å². The summed E-state index contributed by atoms with van der Waals surface area (Å²) >= 11 is 12.2. The van der Waals surface area contributed by atoms with E-state index in [0.29, 0.717) is 31.6 Å². The second-order valence-electron chi connectivity index (χ2n) is 5.49. The first-order valence-corrected chi connectivity index (χ1v) is 9.15. The lowest BCUT2D eigenvalue weighted by molar-refractivity contribution is -0.137. The maximum absolute atomic E-state index is 12.6. The molecular weight excluding hydrogens is 398 g/mol. The zero-order valence-electron chi connectivity index (χ0n) is 13.2. The number of carbonyl (C=O) groups excluding carboxylic acids is 1. The van der Waals surface area contributed by atoms with Crippen molar-refractivity contribution in [1.29, 1.82) is 0 Å². The van der Waals surface area contributed by atoms with E-state index in [0.717, 1.165) is 11.8 Å². The molecule has 1 aromatic carbocycles. The molecule has 26 heavy (non-hydrogen) atoms. The van der Waals surface area contributed by atoms with Gasteiger partial charge in [-0.2, -0.15) is 0 Å². The van der Waals surface area contributed by atoms with Gasteiger partial charge in [0.15, 0.2) is 5.43 Å². The zero-order valence-corrected chi connectivity index (χ0v) is 15.6. The summed E-state index contributed by atoms with van der Waals surface area (Å²) in [6.45, 7) is 0.218. The van der Waals surface area contributed by atoms with Crippen LogP contribution in [0.4, 0.5) is 0 Å². The van der Waals surface area contributed by atoms with E-state index in [4.69, 9.17) is 33.3 Å². The normalized spacial score (nSPS) is 16.0. The van der Waals surface area contributed by atoms with Crippen molar-refractivity contribution < 1.29 is 19.1 Å². The molecule has 3 rings (SSSR count). The Morgan fingerprint density at radius 1 is 1.38 bits per heavy atom. The van der Waals surface area contributed by atoms with E-state index in [1.165, 1.54) is 23.3 Å². The Balaban J connectivity index is 1.88. The zero-order chi connectivity index (χ0) is 18.8. The molecule has 1 N–H and O–H groups in total. The van der Waals surface area contributed by atoms with Gasteiger partial charge in [0.1, 0.15) is 16.2 Å². The molecule has 9 heteroatoms. The molecule has 1 aromatic heterocycles. The smallest absolute Gasteiger partial charge is 0.303 e. The standard InChI is InChI=1S/C17H12ClNO5S2/c18-10-3-4-12-11(7-10)15(22)9(8-24-12)6-13-16(23)19(17(25)26-13)5-1-2-14(20)21/h3-4,6-8H,1-2,5H2,(H,20,21)/b13-6-. The number of hydrogen-bond acceptors (Lipinski definition) is 6. The van der Waals surface area contributed by atoms with Gasteiger partial charge in [-0.1, -0.05) is 35.6 Å². The first-order valence-electron chi connectivity index (χ1n) is 7.55. The van der Waals surface area contributed by atoms with Crippen LogP contribution in [-0.4, -0.2) is 32.7 Å². The van der Waals surface area contributed by atoms with Crippen molar-refractivity contribution in [3.8, 4) is 0 Å². The van der Waals surface area contributed by atoms with Crippen LogP contribution in [0.3, 0.4) is 0 Å². The molecule has 1 fully saturated rings. The minimum Gasteiger partial charge on any atom is -0.481 e. The Labute approximate surface area is 162 Å². The van der Waals surface area contributed by atoms with Gasteiger partial charge >= 0.3 is 5.97 Å². The molecule has 0 saturated carbocycles. The van der Waals surface area contributed by atoms with Gasteiger partial charge in [-0.25, -0.2) is 0 Å². The SMILES string of the molecule is O=C(O)CCCN1C(=O)/C(=C/c2coc3ccc(Cl)cc3c2=O)SC1=S. The third-order valence-corrected chi connectivity index (χ3v) is 5.31. The molecule has 0 atom stereocenters. The number of thioether (sulfide) groups is 1. The summed E-state index contributed by atoms with van der Waals surface area (Å²) in [6.07, 6.45) is 2.97. The summed E-state index contributed by atoms with van der Waals surface area (Å²) in [7, 11) is 0. The third kappa shape index (κ3) is 3.82. The number of carboxylic acid groups (broad SMARTS) is 1. The van der Waals surface area contributed by atoms with Gasteiger partial charge in [0, 0.05) is 18.0 Å². The van der Waals surface area contributed by atoms with E-state index in [9.17, 15) is 14.4 Å². The molecule has 6 nitrogen and oxygen atoms in total. The van der Waals surface area contributed by atoms with E-state index in [2.05, 4.69) is 0 Å². The fourth-order valence-corrected chi connectivity index (χ4v) is 3.91. The van der Waals surface area contributed by atoms with Crippen molar-refractivity contribution in [2.75, 3.05) is 6.54 Å². The highest BCUT2D eigenvalue weighted by Crippen LogP contribution is 2.32. The largest absolute Gasteiger partial charge is 0.481 e. The molecule has 1 saturated heterocycles. The Morgan fingerprint density at radius 2 is 2.15 bits per heavy atom. The maximum atomic E-state index is 12.6. The molecule has 2 heterocycles. The molecule has 0 spiro atoms. The topological polar surface area (TPSA) is 87.8 Å². The van der Waals surface area contributed by atoms with Crippen LogP contribution in [0, 0.1) is 0 Å². The first-order chi connectivity index (χ1) is 12.4. The average Bonchev–Trinajstić information content (AvgIpc) is 2.85. The molecule has 1 aliphatic heterocycles. The van der Waals surface area contributed by atoms with Crippen LogP contribution in [-0.2, 0) is 9.59 Å². The third-order valence-electron chi connectivity index (χ3n) is 3.69. The number of amides is 1. The van der Waals surface area contributed by atoms with Crippen LogP contribution < -0.4 is 5.43 Å². The summed E-state index contributed by atoms with van der Waals surface area (Å²) in [5.41, 5.74) is 0.313. The molecule has 0 unspecified atom stereocenters. The number of halogens is 1. The fourth-order valence-electron chi connectivity index (χ4n) is 2.44. The fraction of sp³-hybridized carbons (Fsp3) is 0.176. The Morgan fingerprint density at radius 3 is 2.88 bits per heavy atom. The minimum atomic E-state index is -0.932. The van der Waals surface area contributed by atoms with Crippen LogP contribution in [0.15, 0.2) is 38.6 Å². The Hall–Kier alpha value is -2.16. The summed E-state index contributed by atoms with van der Waals surface area (Å²) in [6, 6.07) is 4.73. The second kappa shape index (κ2) is 7.61. The van der Waals surface area contributed by atoms with Crippen molar-refractivity contribution in [3.05, 3.63) is 50.2 Å². The van der Waals surface area contributed by atoms with Crippen molar-refractivity contribution >= 4 is 68.8 Å². The first kappa shape index (κ1) is 18.6. The van der Waals surface area contributed by atoms with E-state index < -0.39 is 5.97 Å². The number of fused-ring (bicyclic) bond motifs is 1. The van der Waals surface area contributed by atoms with Gasteiger partial charge in [0.05, 0.1) is 15.9 Å². The van der Waals surface area contributed by atoms with Crippen LogP contribution >= 0.6 is 35.6 Å². The van der Waals surface area contributed by atoms with Crippen LogP contribution in [0.5, 0.6) is 0 Å². The highest BCUT2D eigenvalue weighted by atomic mass is 35.5. The van der Waals surface area contributed by atoms with Crippen molar-refractivity contribution in [2.24, 2.45) is 0 Å². The van der Waals surface area contributed by atoms with Crippen LogP contribution in [0.25, 0.3) is 17.0 Å². The minimum absolute atomic E-state index is 0.0505. The van der Waals surface area contributed by atoms with Crippen molar-refractivity contribution in [2.45, 2.75) is 12.8 Å². The lowest BCUT2D eigenvalue weighted by atomic mass is 10.1. The number of carboxylic acids is 1. The van der Waals surface area contributed by atoms with Crippen molar-refractivity contribution in [1.82, 2.24) is 4.90 Å². The van der Waals surface area contributed by atoms with Gasteiger partial charge in [-0.15, -0.1) is 0 Å². The highest BCUT2D eigenvalue weighted by molar-refractivity contribution is 8.26. The molecule has 0 aliphatic carbocycles. The quantitative estimate of drug-likeness (QED) is 0.597. The van der Waals surface area contributed by atoms with E-state index in [1.807, 2.05) is 0 Å². The summed E-state index contributed by atoms with van der Waals surface area (Å²) in [4.78, 5) is 37.3. The van der Waals surface area contributed by atoms with E-state index in [-0.39, 0.29) is 29.9 Å². The number of benzene rings is 1. The summed E-state index contributed by atoms with van der Waals surface area (Å²) in [5, 5.41) is 9.43. The molecular formula is C17H12ClNO5S2.